The van der Waals surface area contributed by atoms with Crippen molar-refractivity contribution in [2.45, 2.75) is 181 Å². The second kappa shape index (κ2) is 28.9. The molecule has 0 aliphatic rings. The van der Waals surface area contributed by atoms with Crippen molar-refractivity contribution >= 4 is 11.9 Å². The van der Waals surface area contributed by atoms with E-state index in [0.29, 0.717) is 12.8 Å². The standard InChI is InChI=1S/C34H66O4/c1-31(27-23-19-15-11-7-5-6-8-13-17-21-25-29-33(35)37-3)32(2)28-24-20-16-12-9-10-14-18-22-26-30-34(36)38-4/h31-32H,5-30H2,1-4H3/t31-,32+/m0/s1. The second-order valence-electron chi connectivity index (χ2n) is 12.0. The van der Waals surface area contributed by atoms with Gasteiger partial charge in [-0.3, -0.25) is 9.59 Å². The Bertz CT molecular complexity index is 519. The normalized spacial score (nSPS) is 12.8. The van der Waals surface area contributed by atoms with Crippen LogP contribution in [0.1, 0.15) is 181 Å². The van der Waals surface area contributed by atoms with Crippen LogP contribution < -0.4 is 0 Å². The lowest BCUT2D eigenvalue weighted by atomic mass is 9.86. The molecule has 0 radical (unpaired) electrons. The number of unbranched alkanes of at least 4 members (excludes halogenated alkanes) is 20. The number of ether oxygens (including phenoxy) is 2. The van der Waals surface area contributed by atoms with E-state index in [1.807, 2.05) is 0 Å². The summed E-state index contributed by atoms with van der Waals surface area (Å²) in [4.78, 5) is 22.1. The Balaban J connectivity index is 3.32. The molecule has 0 spiro atoms. The van der Waals surface area contributed by atoms with Gasteiger partial charge in [-0.15, -0.1) is 0 Å². The summed E-state index contributed by atoms with van der Waals surface area (Å²) in [7, 11) is 2.94. The van der Waals surface area contributed by atoms with Gasteiger partial charge in [0.15, 0.2) is 0 Å². The van der Waals surface area contributed by atoms with Gasteiger partial charge in [0.1, 0.15) is 0 Å². The van der Waals surface area contributed by atoms with Crippen LogP contribution in [0.3, 0.4) is 0 Å². The molecule has 0 aliphatic heterocycles. The van der Waals surface area contributed by atoms with Gasteiger partial charge in [-0.2, -0.15) is 0 Å². The van der Waals surface area contributed by atoms with E-state index in [1.165, 1.54) is 143 Å². The summed E-state index contributed by atoms with van der Waals surface area (Å²) in [5, 5.41) is 0. The Morgan fingerprint density at radius 2 is 0.605 bits per heavy atom. The van der Waals surface area contributed by atoms with E-state index >= 15 is 0 Å². The predicted octanol–water partition coefficient (Wildman–Crippen LogP) is 10.7. The third-order valence-electron chi connectivity index (χ3n) is 8.51. The van der Waals surface area contributed by atoms with Crippen molar-refractivity contribution in [2.24, 2.45) is 11.8 Å². The van der Waals surface area contributed by atoms with Crippen molar-refractivity contribution in [1.29, 1.82) is 0 Å². The van der Waals surface area contributed by atoms with E-state index in [9.17, 15) is 9.59 Å². The lowest BCUT2D eigenvalue weighted by Crippen LogP contribution is -2.08. The Morgan fingerprint density at radius 1 is 0.395 bits per heavy atom. The van der Waals surface area contributed by atoms with Gasteiger partial charge in [-0.25, -0.2) is 0 Å². The van der Waals surface area contributed by atoms with E-state index < -0.39 is 0 Å². The summed E-state index contributed by atoms with van der Waals surface area (Å²) in [6.45, 7) is 4.95. The fourth-order valence-electron chi connectivity index (χ4n) is 5.43. The molecule has 0 amide bonds. The zero-order chi connectivity index (χ0) is 28.1. The van der Waals surface area contributed by atoms with Gasteiger partial charge < -0.3 is 9.47 Å². The molecular formula is C34H66O4. The first-order valence-electron chi connectivity index (χ1n) is 16.6. The number of rotatable bonds is 29. The zero-order valence-electron chi connectivity index (χ0n) is 26.2. The highest BCUT2D eigenvalue weighted by Crippen LogP contribution is 2.24. The lowest BCUT2D eigenvalue weighted by Gasteiger charge is -2.19. The molecule has 0 saturated heterocycles. The van der Waals surface area contributed by atoms with E-state index in [1.54, 1.807) is 0 Å². The molecule has 0 aromatic heterocycles. The van der Waals surface area contributed by atoms with Crippen LogP contribution in [0.2, 0.25) is 0 Å². The summed E-state index contributed by atoms with van der Waals surface area (Å²) < 4.78 is 9.36. The molecule has 38 heavy (non-hydrogen) atoms. The van der Waals surface area contributed by atoms with Crippen molar-refractivity contribution in [3.05, 3.63) is 0 Å². The predicted molar refractivity (Wildman–Crippen MR) is 162 cm³/mol. The molecule has 0 aromatic rings. The molecule has 0 rings (SSSR count). The van der Waals surface area contributed by atoms with Crippen LogP contribution in [0.15, 0.2) is 0 Å². The van der Waals surface area contributed by atoms with E-state index in [2.05, 4.69) is 23.3 Å². The van der Waals surface area contributed by atoms with Gasteiger partial charge in [0.2, 0.25) is 0 Å². The topological polar surface area (TPSA) is 52.6 Å². The van der Waals surface area contributed by atoms with Gasteiger partial charge in [-0.1, -0.05) is 155 Å². The minimum atomic E-state index is -0.0692. The molecule has 4 heteroatoms. The average Bonchev–Trinajstić information content (AvgIpc) is 2.92. The average molecular weight is 539 g/mol. The minimum absolute atomic E-state index is 0.0689. The molecule has 0 fully saturated rings. The Morgan fingerprint density at radius 3 is 0.842 bits per heavy atom. The summed E-state index contributed by atoms with van der Waals surface area (Å²) >= 11 is 0. The monoisotopic (exact) mass is 538 g/mol. The van der Waals surface area contributed by atoms with Crippen molar-refractivity contribution in [2.75, 3.05) is 14.2 Å². The molecule has 4 nitrogen and oxygen atoms in total. The molecule has 0 aromatic carbocycles. The summed E-state index contributed by atoms with van der Waals surface area (Å²) in [6.07, 6.45) is 33.0. The van der Waals surface area contributed by atoms with Gasteiger partial charge in [0.05, 0.1) is 14.2 Å². The molecule has 0 heterocycles. The van der Waals surface area contributed by atoms with Crippen LogP contribution >= 0.6 is 0 Å². The van der Waals surface area contributed by atoms with Crippen molar-refractivity contribution in [3.8, 4) is 0 Å². The molecule has 0 aliphatic carbocycles. The summed E-state index contributed by atoms with van der Waals surface area (Å²) in [5.41, 5.74) is 0. The lowest BCUT2D eigenvalue weighted by molar-refractivity contribution is -0.141. The molecule has 2 atom stereocenters. The second-order valence-corrected chi connectivity index (χ2v) is 12.0. The summed E-state index contributed by atoms with van der Waals surface area (Å²) in [6, 6.07) is 0. The first-order valence-corrected chi connectivity index (χ1v) is 16.6. The molecular weight excluding hydrogens is 472 g/mol. The number of methoxy groups -OCH3 is 2. The number of carbonyl (C=O) groups is 2. The fraction of sp³-hybridized carbons (Fsp3) is 0.941. The van der Waals surface area contributed by atoms with Crippen LogP contribution in [0, 0.1) is 11.8 Å². The molecule has 0 N–H and O–H groups in total. The summed E-state index contributed by atoms with van der Waals surface area (Å²) in [5.74, 6) is 1.61. The van der Waals surface area contributed by atoms with E-state index in [0.717, 1.165) is 37.5 Å². The maximum atomic E-state index is 11.1. The Hall–Kier alpha value is -1.06. The fourth-order valence-corrected chi connectivity index (χ4v) is 5.43. The van der Waals surface area contributed by atoms with Gasteiger partial charge >= 0.3 is 11.9 Å². The molecule has 0 unspecified atom stereocenters. The van der Waals surface area contributed by atoms with Gasteiger partial charge in [0, 0.05) is 12.8 Å². The number of esters is 2. The SMILES string of the molecule is COC(=O)CCCCCCCCCCCCCC[C@H](C)[C@H](C)CCCCCCCCCCCCC(=O)OC. The number of hydrogen-bond donors (Lipinski definition) is 0. The number of hydrogen-bond acceptors (Lipinski definition) is 4. The smallest absolute Gasteiger partial charge is 0.305 e. The molecule has 0 bridgehead atoms. The highest BCUT2D eigenvalue weighted by molar-refractivity contribution is 5.69. The third kappa shape index (κ3) is 26.5. The van der Waals surface area contributed by atoms with E-state index in [4.69, 9.17) is 0 Å². The third-order valence-corrected chi connectivity index (χ3v) is 8.51. The zero-order valence-corrected chi connectivity index (χ0v) is 26.2. The first-order chi connectivity index (χ1) is 18.5. The Labute approximate surface area is 237 Å². The van der Waals surface area contributed by atoms with Crippen LogP contribution in [0.4, 0.5) is 0 Å². The number of carbonyl (C=O) groups excluding carboxylic acids is 2. The van der Waals surface area contributed by atoms with Crippen molar-refractivity contribution < 1.29 is 19.1 Å². The minimum Gasteiger partial charge on any atom is -0.469 e. The van der Waals surface area contributed by atoms with Crippen LogP contribution in [0.5, 0.6) is 0 Å². The highest BCUT2D eigenvalue weighted by atomic mass is 16.5. The van der Waals surface area contributed by atoms with Crippen LogP contribution in [-0.2, 0) is 19.1 Å². The maximum absolute atomic E-state index is 11.1. The Kier molecular flexibility index (Phi) is 28.1. The van der Waals surface area contributed by atoms with Crippen molar-refractivity contribution in [1.82, 2.24) is 0 Å². The van der Waals surface area contributed by atoms with Crippen LogP contribution in [0.25, 0.3) is 0 Å². The van der Waals surface area contributed by atoms with Crippen molar-refractivity contribution in [3.63, 3.8) is 0 Å². The van der Waals surface area contributed by atoms with Crippen LogP contribution in [-0.4, -0.2) is 26.2 Å². The highest BCUT2D eigenvalue weighted by Gasteiger charge is 2.11. The maximum Gasteiger partial charge on any atom is 0.305 e. The molecule has 0 saturated carbocycles. The first kappa shape index (κ1) is 36.9. The molecule has 226 valence electrons. The van der Waals surface area contributed by atoms with Gasteiger partial charge in [-0.05, 0) is 24.7 Å². The quantitative estimate of drug-likeness (QED) is 0.0702. The largest absolute Gasteiger partial charge is 0.469 e. The van der Waals surface area contributed by atoms with Gasteiger partial charge in [0.25, 0.3) is 0 Å². The van der Waals surface area contributed by atoms with E-state index in [-0.39, 0.29) is 11.9 Å².